The first kappa shape index (κ1) is 10.4. The first-order chi connectivity index (χ1) is 8.33. The Bertz CT molecular complexity index is 502. The van der Waals surface area contributed by atoms with Crippen LogP contribution < -0.4 is 4.90 Å². The van der Waals surface area contributed by atoms with E-state index in [9.17, 15) is 0 Å². The van der Waals surface area contributed by atoms with Crippen LogP contribution in [0.1, 0.15) is 17.5 Å². The maximum absolute atomic E-state index is 4.07. The van der Waals surface area contributed by atoms with Crippen LogP contribution in [0, 0.1) is 0 Å². The number of aromatic nitrogens is 2. The molecular weight excluding hydrogens is 210 g/mol. The Morgan fingerprint density at radius 3 is 3.12 bits per heavy atom. The third-order valence-corrected chi connectivity index (χ3v) is 3.42. The van der Waals surface area contributed by atoms with Crippen molar-refractivity contribution in [2.45, 2.75) is 19.4 Å². The lowest BCUT2D eigenvalue weighted by molar-refractivity contribution is 0.738. The van der Waals surface area contributed by atoms with Gasteiger partial charge in [-0.2, -0.15) is 0 Å². The largest absolute Gasteiger partial charge is 0.374 e. The van der Waals surface area contributed by atoms with Gasteiger partial charge in [-0.05, 0) is 30.0 Å². The molecule has 88 valence electrons. The molecule has 2 aromatic rings. The maximum atomic E-state index is 4.07. The summed E-state index contributed by atoms with van der Waals surface area (Å²) in [5.41, 5.74) is 4.24. The van der Waals surface area contributed by atoms with E-state index in [0.29, 0.717) is 0 Å². The van der Waals surface area contributed by atoms with Gasteiger partial charge in [-0.1, -0.05) is 12.1 Å². The molecule has 1 aliphatic heterocycles. The lowest BCUT2D eigenvalue weighted by Crippen LogP contribution is -2.24. The third-order valence-electron chi connectivity index (χ3n) is 3.42. The number of imidazole rings is 1. The number of benzene rings is 1. The van der Waals surface area contributed by atoms with Crippen LogP contribution >= 0.6 is 0 Å². The molecule has 1 aromatic heterocycles. The summed E-state index contributed by atoms with van der Waals surface area (Å²) < 4.78 is 2.11. The zero-order valence-corrected chi connectivity index (χ0v) is 10.1. The average Bonchev–Trinajstić information content (AvgIpc) is 2.82. The molecule has 0 N–H and O–H groups in total. The molecular formula is C14H17N3. The van der Waals surface area contributed by atoms with Gasteiger partial charge in [0.15, 0.2) is 0 Å². The van der Waals surface area contributed by atoms with E-state index in [-0.39, 0.29) is 0 Å². The maximum Gasteiger partial charge on any atom is 0.0949 e. The highest BCUT2D eigenvalue weighted by Gasteiger charge is 2.13. The van der Waals surface area contributed by atoms with Gasteiger partial charge in [0.1, 0.15) is 0 Å². The summed E-state index contributed by atoms with van der Waals surface area (Å²) in [7, 11) is 2.17. The summed E-state index contributed by atoms with van der Waals surface area (Å²) >= 11 is 0. The van der Waals surface area contributed by atoms with Crippen molar-refractivity contribution < 1.29 is 0 Å². The highest BCUT2D eigenvalue weighted by molar-refractivity contribution is 5.56. The highest BCUT2D eigenvalue weighted by atomic mass is 15.1. The number of fused-ring (bicyclic) bond motifs is 1. The predicted molar refractivity (Wildman–Crippen MR) is 69.4 cm³/mol. The van der Waals surface area contributed by atoms with Crippen molar-refractivity contribution in [1.29, 1.82) is 0 Å². The van der Waals surface area contributed by atoms with Crippen molar-refractivity contribution in [3.8, 4) is 0 Å². The van der Waals surface area contributed by atoms with Gasteiger partial charge in [0.2, 0.25) is 0 Å². The van der Waals surface area contributed by atoms with E-state index in [0.717, 1.165) is 6.54 Å². The number of hydrogen-bond donors (Lipinski definition) is 0. The molecule has 0 atom stereocenters. The van der Waals surface area contributed by atoms with Crippen molar-refractivity contribution in [3.63, 3.8) is 0 Å². The van der Waals surface area contributed by atoms with E-state index < -0.39 is 0 Å². The first-order valence-corrected chi connectivity index (χ1v) is 6.11. The zero-order chi connectivity index (χ0) is 11.7. The molecule has 3 rings (SSSR count). The molecule has 0 radical (unpaired) electrons. The van der Waals surface area contributed by atoms with E-state index in [2.05, 4.69) is 39.7 Å². The molecule has 2 heterocycles. The van der Waals surface area contributed by atoms with E-state index >= 15 is 0 Å². The van der Waals surface area contributed by atoms with Crippen LogP contribution in [0.3, 0.4) is 0 Å². The molecule has 0 spiro atoms. The fourth-order valence-corrected chi connectivity index (χ4v) is 2.53. The van der Waals surface area contributed by atoms with Gasteiger partial charge in [-0.3, -0.25) is 0 Å². The monoisotopic (exact) mass is 227 g/mol. The van der Waals surface area contributed by atoms with Crippen LogP contribution in [0.2, 0.25) is 0 Å². The van der Waals surface area contributed by atoms with Crippen LogP contribution in [-0.4, -0.2) is 23.1 Å². The molecule has 1 aliphatic rings. The number of rotatable bonds is 2. The second-order valence-electron chi connectivity index (χ2n) is 4.72. The second kappa shape index (κ2) is 4.24. The molecule has 3 nitrogen and oxygen atoms in total. The number of anilines is 1. The Balaban J connectivity index is 1.88. The van der Waals surface area contributed by atoms with E-state index in [1.165, 1.54) is 36.2 Å². The lowest BCUT2D eigenvalue weighted by atomic mass is 9.99. The molecule has 0 aliphatic carbocycles. The summed E-state index contributed by atoms with van der Waals surface area (Å²) in [4.78, 5) is 6.42. The second-order valence-corrected chi connectivity index (χ2v) is 4.72. The minimum absolute atomic E-state index is 0.914. The summed E-state index contributed by atoms with van der Waals surface area (Å²) in [5, 5.41) is 0. The molecule has 0 saturated carbocycles. The van der Waals surface area contributed by atoms with Gasteiger partial charge >= 0.3 is 0 Å². The quantitative estimate of drug-likeness (QED) is 0.785. The van der Waals surface area contributed by atoms with E-state index in [1.807, 2.05) is 18.7 Å². The Morgan fingerprint density at radius 1 is 1.35 bits per heavy atom. The van der Waals surface area contributed by atoms with Crippen LogP contribution in [0.5, 0.6) is 0 Å². The number of nitrogens with zero attached hydrogens (tertiary/aromatic N) is 3. The van der Waals surface area contributed by atoms with Gasteiger partial charge in [-0.25, -0.2) is 4.98 Å². The minimum Gasteiger partial charge on any atom is -0.374 e. The molecule has 0 fully saturated rings. The Labute approximate surface area is 102 Å². The predicted octanol–water partition coefficient (Wildman–Crippen LogP) is 2.31. The summed E-state index contributed by atoms with van der Waals surface area (Å²) in [5.74, 6) is 0. The standard InChI is InChI=1S/C14H17N3/c1-16-7-2-3-13-9-12(4-5-14(13)16)10-17-8-6-15-11-17/h4-6,8-9,11H,2-3,7,10H2,1H3. The van der Waals surface area contributed by atoms with Crippen LogP contribution in [-0.2, 0) is 13.0 Å². The molecule has 3 heteroatoms. The molecule has 0 unspecified atom stereocenters. The average molecular weight is 227 g/mol. The van der Waals surface area contributed by atoms with Gasteiger partial charge in [0.05, 0.1) is 6.33 Å². The molecule has 0 saturated heterocycles. The van der Waals surface area contributed by atoms with Crippen molar-refractivity contribution in [1.82, 2.24) is 9.55 Å². The third kappa shape index (κ3) is 2.05. The number of aryl methyl sites for hydroxylation is 1. The Morgan fingerprint density at radius 2 is 2.29 bits per heavy atom. The van der Waals surface area contributed by atoms with Gasteiger partial charge in [0.25, 0.3) is 0 Å². The van der Waals surface area contributed by atoms with E-state index in [1.54, 1.807) is 0 Å². The normalized spacial score (nSPS) is 14.8. The van der Waals surface area contributed by atoms with E-state index in [4.69, 9.17) is 0 Å². The SMILES string of the molecule is CN1CCCc2cc(Cn3ccnc3)ccc21. The van der Waals surface area contributed by atoms with Crippen molar-refractivity contribution >= 4 is 5.69 Å². The van der Waals surface area contributed by atoms with Gasteiger partial charge < -0.3 is 9.47 Å². The highest BCUT2D eigenvalue weighted by Crippen LogP contribution is 2.26. The fourth-order valence-electron chi connectivity index (χ4n) is 2.53. The minimum atomic E-state index is 0.914. The van der Waals surface area contributed by atoms with Crippen LogP contribution in [0.15, 0.2) is 36.9 Å². The van der Waals surface area contributed by atoms with Gasteiger partial charge in [-0.15, -0.1) is 0 Å². The number of hydrogen-bond acceptors (Lipinski definition) is 2. The van der Waals surface area contributed by atoms with Crippen molar-refractivity contribution in [2.75, 3.05) is 18.5 Å². The van der Waals surface area contributed by atoms with Crippen LogP contribution in [0.25, 0.3) is 0 Å². The lowest BCUT2D eigenvalue weighted by Gasteiger charge is -2.27. The molecule has 0 bridgehead atoms. The zero-order valence-electron chi connectivity index (χ0n) is 10.1. The van der Waals surface area contributed by atoms with Crippen molar-refractivity contribution in [3.05, 3.63) is 48.0 Å². The molecule has 1 aromatic carbocycles. The fraction of sp³-hybridized carbons (Fsp3) is 0.357. The molecule has 17 heavy (non-hydrogen) atoms. The van der Waals surface area contributed by atoms with Crippen molar-refractivity contribution in [2.24, 2.45) is 0 Å². The Hall–Kier alpha value is -1.77. The van der Waals surface area contributed by atoms with Gasteiger partial charge in [0, 0.05) is 38.2 Å². The first-order valence-electron chi connectivity index (χ1n) is 6.11. The smallest absolute Gasteiger partial charge is 0.0949 e. The topological polar surface area (TPSA) is 21.1 Å². The summed E-state index contributed by atoms with van der Waals surface area (Å²) in [6, 6.07) is 6.81. The summed E-state index contributed by atoms with van der Waals surface area (Å²) in [6.07, 6.45) is 8.17. The molecule has 0 amide bonds. The Kier molecular flexibility index (Phi) is 2.59. The summed E-state index contributed by atoms with van der Waals surface area (Å²) in [6.45, 7) is 2.09. The van der Waals surface area contributed by atoms with Crippen LogP contribution in [0.4, 0.5) is 5.69 Å².